The molecule has 0 rings (SSSR count). The lowest BCUT2D eigenvalue weighted by atomic mass is 9.87. The standard InChI is InChI=1S/C7H15NO3S/c1-7(2,4-12(3)11)5(8)6(9)10/h5H,4,8H2,1-3H3,(H,9,10). The van der Waals surface area contributed by atoms with Crippen molar-refractivity contribution in [2.75, 3.05) is 12.0 Å². The van der Waals surface area contributed by atoms with Gasteiger partial charge in [0.1, 0.15) is 6.04 Å². The third-order valence-electron chi connectivity index (χ3n) is 1.68. The smallest absolute Gasteiger partial charge is 0.321 e. The Labute approximate surface area is 74.6 Å². The van der Waals surface area contributed by atoms with Crippen LogP contribution in [-0.2, 0) is 15.6 Å². The van der Waals surface area contributed by atoms with Crippen molar-refractivity contribution in [2.45, 2.75) is 19.9 Å². The molecular formula is C7H15NO3S. The first-order valence-electron chi connectivity index (χ1n) is 3.56. The Balaban J connectivity index is 4.38. The quantitative estimate of drug-likeness (QED) is 0.648. The van der Waals surface area contributed by atoms with E-state index < -0.39 is 28.2 Å². The Morgan fingerprint density at radius 2 is 2.08 bits per heavy atom. The van der Waals surface area contributed by atoms with Crippen LogP contribution in [0.15, 0.2) is 0 Å². The molecule has 0 fully saturated rings. The summed E-state index contributed by atoms with van der Waals surface area (Å²) in [6.07, 6.45) is 1.54. The second kappa shape index (κ2) is 4.00. The first-order chi connectivity index (χ1) is 5.27. The Morgan fingerprint density at radius 1 is 1.67 bits per heavy atom. The SMILES string of the molecule is CS(=O)CC(C)(C)C(N)C(=O)O. The van der Waals surface area contributed by atoms with Crippen molar-refractivity contribution in [3.05, 3.63) is 0 Å². The molecular weight excluding hydrogens is 178 g/mol. The van der Waals surface area contributed by atoms with Gasteiger partial charge in [0, 0.05) is 28.2 Å². The molecule has 0 radical (unpaired) electrons. The fourth-order valence-electron chi connectivity index (χ4n) is 0.948. The number of hydrogen-bond donors (Lipinski definition) is 2. The molecule has 0 bridgehead atoms. The maximum Gasteiger partial charge on any atom is 0.321 e. The van der Waals surface area contributed by atoms with Crippen LogP contribution in [0.5, 0.6) is 0 Å². The van der Waals surface area contributed by atoms with Crippen LogP contribution >= 0.6 is 0 Å². The molecule has 12 heavy (non-hydrogen) atoms. The van der Waals surface area contributed by atoms with Crippen LogP contribution in [0.4, 0.5) is 0 Å². The molecule has 0 saturated heterocycles. The molecule has 5 heteroatoms. The van der Waals surface area contributed by atoms with E-state index in [1.807, 2.05) is 0 Å². The van der Waals surface area contributed by atoms with Crippen LogP contribution < -0.4 is 5.73 Å². The van der Waals surface area contributed by atoms with E-state index in [1.54, 1.807) is 13.8 Å². The van der Waals surface area contributed by atoms with E-state index in [2.05, 4.69) is 0 Å². The zero-order chi connectivity index (χ0) is 9.94. The maximum atomic E-state index is 10.8. The van der Waals surface area contributed by atoms with Crippen LogP contribution in [0.3, 0.4) is 0 Å². The van der Waals surface area contributed by atoms with E-state index in [9.17, 15) is 9.00 Å². The minimum atomic E-state index is -1.05. The lowest BCUT2D eigenvalue weighted by Gasteiger charge is -2.27. The molecule has 0 saturated carbocycles. The molecule has 0 spiro atoms. The van der Waals surface area contributed by atoms with Crippen molar-refractivity contribution in [3.63, 3.8) is 0 Å². The number of carboxylic acid groups (broad SMARTS) is 1. The molecule has 0 aromatic heterocycles. The fourth-order valence-corrected chi connectivity index (χ4v) is 2.18. The van der Waals surface area contributed by atoms with Crippen molar-refractivity contribution in [3.8, 4) is 0 Å². The average Bonchev–Trinajstić information content (AvgIpc) is 1.82. The minimum Gasteiger partial charge on any atom is -0.480 e. The summed E-state index contributed by atoms with van der Waals surface area (Å²) in [5.74, 6) is -0.744. The number of carboxylic acids is 1. The first kappa shape index (κ1) is 11.6. The summed E-state index contributed by atoms with van der Waals surface area (Å²) in [7, 11) is -1.02. The van der Waals surface area contributed by atoms with Gasteiger partial charge in [-0.1, -0.05) is 13.8 Å². The Bertz CT molecular complexity index is 203. The predicted molar refractivity (Wildman–Crippen MR) is 48.3 cm³/mol. The second-order valence-corrected chi connectivity index (χ2v) is 4.96. The summed E-state index contributed by atoms with van der Waals surface area (Å²) in [6.45, 7) is 3.40. The third kappa shape index (κ3) is 3.32. The van der Waals surface area contributed by atoms with Gasteiger partial charge in [0.05, 0.1) is 0 Å². The summed E-state index contributed by atoms with van der Waals surface area (Å²) in [4.78, 5) is 10.5. The van der Waals surface area contributed by atoms with Crippen LogP contribution in [0, 0.1) is 5.41 Å². The molecule has 0 aliphatic rings. The lowest BCUT2D eigenvalue weighted by Crippen LogP contribution is -2.46. The molecule has 0 amide bonds. The molecule has 72 valence electrons. The Hall–Kier alpha value is -0.420. The normalized spacial score (nSPS) is 17.0. The zero-order valence-electron chi connectivity index (χ0n) is 7.53. The van der Waals surface area contributed by atoms with E-state index in [0.717, 1.165) is 0 Å². The monoisotopic (exact) mass is 193 g/mol. The van der Waals surface area contributed by atoms with Gasteiger partial charge in [0.25, 0.3) is 0 Å². The van der Waals surface area contributed by atoms with Crippen LogP contribution in [0.25, 0.3) is 0 Å². The number of hydrogen-bond acceptors (Lipinski definition) is 3. The molecule has 2 atom stereocenters. The molecule has 0 aliphatic carbocycles. The van der Waals surface area contributed by atoms with Gasteiger partial charge in [-0.2, -0.15) is 0 Å². The number of carbonyl (C=O) groups is 1. The van der Waals surface area contributed by atoms with Crippen LogP contribution in [0.2, 0.25) is 0 Å². The van der Waals surface area contributed by atoms with Crippen LogP contribution in [0.1, 0.15) is 13.8 Å². The number of rotatable bonds is 4. The minimum absolute atomic E-state index is 0.306. The van der Waals surface area contributed by atoms with Gasteiger partial charge in [0.15, 0.2) is 0 Å². The summed E-state index contributed by atoms with van der Waals surface area (Å²) in [5, 5.41) is 8.61. The van der Waals surface area contributed by atoms with E-state index in [-0.39, 0.29) is 0 Å². The Kier molecular flexibility index (Phi) is 3.86. The molecule has 0 aliphatic heterocycles. The average molecular weight is 193 g/mol. The highest BCUT2D eigenvalue weighted by Gasteiger charge is 2.32. The molecule has 0 heterocycles. The van der Waals surface area contributed by atoms with E-state index in [4.69, 9.17) is 10.8 Å². The maximum absolute atomic E-state index is 10.8. The van der Waals surface area contributed by atoms with Gasteiger partial charge < -0.3 is 10.8 Å². The van der Waals surface area contributed by atoms with Gasteiger partial charge in [0.2, 0.25) is 0 Å². The van der Waals surface area contributed by atoms with Gasteiger partial charge in [-0.25, -0.2) is 0 Å². The fraction of sp³-hybridized carbons (Fsp3) is 0.857. The van der Waals surface area contributed by atoms with Crippen LogP contribution in [-0.4, -0.2) is 33.3 Å². The van der Waals surface area contributed by atoms with Gasteiger partial charge in [-0.15, -0.1) is 0 Å². The predicted octanol–water partition coefficient (Wildman–Crippen LogP) is -0.197. The van der Waals surface area contributed by atoms with Crippen molar-refractivity contribution in [1.29, 1.82) is 0 Å². The highest BCUT2D eigenvalue weighted by Crippen LogP contribution is 2.20. The van der Waals surface area contributed by atoms with E-state index in [0.29, 0.717) is 5.75 Å². The summed E-state index contributed by atoms with van der Waals surface area (Å²) < 4.78 is 10.8. The van der Waals surface area contributed by atoms with Crippen molar-refractivity contribution < 1.29 is 14.1 Å². The molecule has 0 aromatic rings. The van der Waals surface area contributed by atoms with Crippen molar-refractivity contribution >= 4 is 16.8 Å². The highest BCUT2D eigenvalue weighted by atomic mass is 32.2. The number of aliphatic carboxylic acids is 1. The van der Waals surface area contributed by atoms with Crippen molar-refractivity contribution in [2.24, 2.45) is 11.1 Å². The zero-order valence-corrected chi connectivity index (χ0v) is 8.35. The topological polar surface area (TPSA) is 80.4 Å². The largest absolute Gasteiger partial charge is 0.480 e. The van der Waals surface area contributed by atoms with E-state index in [1.165, 1.54) is 6.26 Å². The molecule has 2 unspecified atom stereocenters. The van der Waals surface area contributed by atoms with Gasteiger partial charge in [-0.05, 0) is 0 Å². The summed E-state index contributed by atoms with van der Waals surface area (Å²) in [6, 6.07) is -0.957. The second-order valence-electron chi connectivity index (χ2n) is 3.52. The first-order valence-corrected chi connectivity index (χ1v) is 5.28. The van der Waals surface area contributed by atoms with Gasteiger partial charge in [-0.3, -0.25) is 9.00 Å². The lowest BCUT2D eigenvalue weighted by molar-refractivity contribution is -0.140. The summed E-state index contributed by atoms with van der Waals surface area (Å²) >= 11 is 0. The third-order valence-corrected chi connectivity index (χ3v) is 2.83. The number of nitrogens with two attached hydrogens (primary N) is 1. The van der Waals surface area contributed by atoms with Gasteiger partial charge >= 0.3 is 5.97 Å². The molecule has 3 N–H and O–H groups in total. The van der Waals surface area contributed by atoms with Crippen molar-refractivity contribution in [1.82, 2.24) is 0 Å². The highest BCUT2D eigenvalue weighted by molar-refractivity contribution is 7.84. The Morgan fingerprint density at radius 3 is 2.33 bits per heavy atom. The molecule has 4 nitrogen and oxygen atoms in total. The molecule has 0 aromatic carbocycles. The summed E-state index contributed by atoms with van der Waals surface area (Å²) in [5.41, 5.74) is 4.79. The van der Waals surface area contributed by atoms with E-state index >= 15 is 0 Å².